The molecule has 0 aromatic carbocycles. The van der Waals surface area contributed by atoms with E-state index in [1.165, 1.54) is 0 Å². The van der Waals surface area contributed by atoms with Crippen LogP contribution in [0.3, 0.4) is 0 Å². The van der Waals surface area contributed by atoms with Gasteiger partial charge in [-0.3, -0.25) is 0 Å². The van der Waals surface area contributed by atoms with E-state index in [1.54, 1.807) is 0 Å². The Kier molecular flexibility index (Phi) is 4.27. The van der Waals surface area contributed by atoms with Crippen molar-refractivity contribution in [2.24, 2.45) is 0 Å². The topological polar surface area (TPSA) is 29.5 Å². The van der Waals surface area contributed by atoms with Crippen molar-refractivity contribution >= 4 is 19.9 Å². The molecule has 0 heterocycles. The number of aliphatic hydroxyl groups excluding tert-OH is 1. The van der Waals surface area contributed by atoms with Crippen LogP contribution in [0, 0.1) is 0 Å². The lowest BCUT2D eigenvalue weighted by Gasteiger charge is -2.41. The lowest BCUT2D eigenvalue weighted by molar-refractivity contribution is 0.0440. The minimum absolute atomic E-state index is 0.126. The number of rotatable bonds is 2. The second-order valence-corrected chi connectivity index (χ2v) is 11.2. The monoisotopic (exact) mass is 262 g/mol. The minimum atomic E-state index is -1.81. The zero-order valence-electron chi connectivity index (χ0n) is 10.9. The Balaban J connectivity index is 2.72. The summed E-state index contributed by atoms with van der Waals surface area (Å²) in [5.41, 5.74) is 0. The molecular formula is C12H23ClO2Si. The summed E-state index contributed by atoms with van der Waals surface area (Å²) in [6, 6.07) is 0. The highest BCUT2D eigenvalue weighted by Crippen LogP contribution is 2.39. The van der Waals surface area contributed by atoms with Crippen molar-refractivity contribution < 1.29 is 9.53 Å². The molecule has 0 spiro atoms. The predicted octanol–water partition coefficient (Wildman–Crippen LogP) is 3.65. The number of halogens is 1. The first-order valence-corrected chi connectivity index (χ1v) is 9.15. The summed E-state index contributed by atoms with van der Waals surface area (Å²) >= 11 is 5.95. The standard InChI is InChI=1S/C12H23ClO2Si/c1-12(2,3)16(4,5)15-10-8-6-7-9(13)11(10)14/h7,10-11,14H,6,8H2,1-5H3/t10-,11+/m0/s1. The van der Waals surface area contributed by atoms with Gasteiger partial charge in [0, 0.05) is 5.03 Å². The van der Waals surface area contributed by atoms with Gasteiger partial charge in [0.25, 0.3) is 0 Å². The van der Waals surface area contributed by atoms with Crippen molar-refractivity contribution in [1.29, 1.82) is 0 Å². The van der Waals surface area contributed by atoms with Gasteiger partial charge < -0.3 is 9.53 Å². The first-order chi connectivity index (χ1) is 7.15. The fraction of sp³-hybridized carbons (Fsp3) is 0.833. The van der Waals surface area contributed by atoms with Crippen molar-refractivity contribution in [3.05, 3.63) is 11.1 Å². The van der Waals surface area contributed by atoms with E-state index in [9.17, 15) is 5.11 Å². The Morgan fingerprint density at radius 2 is 2.00 bits per heavy atom. The summed E-state index contributed by atoms with van der Waals surface area (Å²) in [5.74, 6) is 0. The third kappa shape index (κ3) is 3.10. The molecule has 0 amide bonds. The number of hydrogen-bond donors (Lipinski definition) is 1. The van der Waals surface area contributed by atoms with Crippen LogP contribution in [-0.4, -0.2) is 25.6 Å². The highest BCUT2D eigenvalue weighted by atomic mass is 35.5. The maximum atomic E-state index is 9.96. The van der Waals surface area contributed by atoms with Gasteiger partial charge in [-0.05, 0) is 31.0 Å². The highest BCUT2D eigenvalue weighted by molar-refractivity contribution is 6.74. The molecule has 1 aliphatic carbocycles. The largest absolute Gasteiger partial charge is 0.411 e. The van der Waals surface area contributed by atoms with Crippen molar-refractivity contribution in [1.82, 2.24) is 0 Å². The fourth-order valence-corrected chi connectivity index (χ4v) is 3.13. The van der Waals surface area contributed by atoms with E-state index in [0.717, 1.165) is 12.8 Å². The molecule has 1 rings (SSSR count). The van der Waals surface area contributed by atoms with Crippen LogP contribution in [0.4, 0.5) is 0 Å². The maximum Gasteiger partial charge on any atom is 0.192 e. The highest BCUT2D eigenvalue weighted by Gasteiger charge is 2.41. The van der Waals surface area contributed by atoms with Gasteiger partial charge in [0.05, 0.1) is 6.10 Å². The fourth-order valence-electron chi connectivity index (χ4n) is 1.52. The SMILES string of the molecule is CC(C)(C)[Si](C)(C)O[C@H]1CCC=C(Cl)[C@H]1O. The van der Waals surface area contributed by atoms with Gasteiger partial charge in [0.1, 0.15) is 6.10 Å². The molecular weight excluding hydrogens is 240 g/mol. The van der Waals surface area contributed by atoms with Crippen molar-refractivity contribution in [2.45, 2.75) is 64.0 Å². The molecule has 0 aromatic heterocycles. The van der Waals surface area contributed by atoms with Crippen LogP contribution < -0.4 is 0 Å². The molecule has 0 fully saturated rings. The van der Waals surface area contributed by atoms with Gasteiger partial charge in [0.15, 0.2) is 8.32 Å². The summed E-state index contributed by atoms with van der Waals surface area (Å²) in [5, 5.41) is 10.7. The molecule has 0 aromatic rings. The lowest BCUT2D eigenvalue weighted by Crippen LogP contribution is -2.47. The predicted molar refractivity (Wildman–Crippen MR) is 71.2 cm³/mol. The summed E-state index contributed by atoms with van der Waals surface area (Å²) in [6.45, 7) is 11.0. The van der Waals surface area contributed by atoms with E-state index in [1.807, 2.05) is 6.08 Å². The summed E-state index contributed by atoms with van der Waals surface area (Å²) in [7, 11) is -1.81. The van der Waals surface area contributed by atoms with Gasteiger partial charge in [0.2, 0.25) is 0 Å². The van der Waals surface area contributed by atoms with Crippen molar-refractivity contribution in [3.63, 3.8) is 0 Å². The molecule has 0 saturated carbocycles. The van der Waals surface area contributed by atoms with Gasteiger partial charge in [-0.1, -0.05) is 38.4 Å². The molecule has 0 aliphatic heterocycles. The van der Waals surface area contributed by atoms with Crippen LogP contribution in [0.5, 0.6) is 0 Å². The zero-order valence-corrected chi connectivity index (χ0v) is 12.6. The average molecular weight is 263 g/mol. The van der Waals surface area contributed by atoms with Crippen LogP contribution in [0.15, 0.2) is 11.1 Å². The van der Waals surface area contributed by atoms with Gasteiger partial charge in [-0.15, -0.1) is 0 Å². The van der Waals surface area contributed by atoms with Crippen LogP contribution in [-0.2, 0) is 4.43 Å². The number of aliphatic hydroxyl groups is 1. The number of hydrogen-bond acceptors (Lipinski definition) is 2. The first kappa shape index (κ1) is 14.2. The molecule has 1 aliphatic rings. The zero-order chi connectivity index (χ0) is 12.6. The molecule has 4 heteroatoms. The second-order valence-electron chi connectivity index (χ2n) is 6.03. The third-order valence-corrected chi connectivity index (χ3v) is 8.56. The molecule has 94 valence electrons. The van der Waals surface area contributed by atoms with Crippen LogP contribution in [0.1, 0.15) is 33.6 Å². The van der Waals surface area contributed by atoms with Crippen LogP contribution >= 0.6 is 11.6 Å². The molecule has 16 heavy (non-hydrogen) atoms. The Bertz CT molecular complexity index is 281. The van der Waals surface area contributed by atoms with E-state index in [0.29, 0.717) is 5.03 Å². The molecule has 0 unspecified atom stereocenters. The first-order valence-electron chi connectivity index (χ1n) is 5.86. The molecule has 0 bridgehead atoms. The minimum Gasteiger partial charge on any atom is -0.411 e. The van der Waals surface area contributed by atoms with E-state index in [2.05, 4.69) is 33.9 Å². The second kappa shape index (κ2) is 4.81. The van der Waals surface area contributed by atoms with Gasteiger partial charge in [-0.25, -0.2) is 0 Å². The Labute approximate surface area is 105 Å². The van der Waals surface area contributed by atoms with Gasteiger partial charge in [-0.2, -0.15) is 0 Å². The maximum absolute atomic E-state index is 9.96. The summed E-state index contributed by atoms with van der Waals surface area (Å²) in [6.07, 6.45) is 2.89. The Hall–Kier alpha value is 0.167. The van der Waals surface area contributed by atoms with Crippen LogP contribution in [0.25, 0.3) is 0 Å². The van der Waals surface area contributed by atoms with Crippen LogP contribution in [0.2, 0.25) is 18.1 Å². The normalized spacial score (nSPS) is 27.8. The van der Waals surface area contributed by atoms with E-state index < -0.39 is 14.4 Å². The third-order valence-electron chi connectivity index (χ3n) is 3.68. The molecule has 2 nitrogen and oxygen atoms in total. The van der Waals surface area contributed by atoms with E-state index in [4.69, 9.17) is 16.0 Å². The van der Waals surface area contributed by atoms with E-state index in [-0.39, 0.29) is 11.1 Å². The van der Waals surface area contributed by atoms with Crippen molar-refractivity contribution in [2.75, 3.05) is 0 Å². The number of allylic oxidation sites excluding steroid dienone is 1. The molecule has 2 atom stereocenters. The average Bonchev–Trinajstić information content (AvgIpc) is 2.11. The smallest absolute Gasteiger partial charge is 0.192 e. The Morgan fingerprint density at radius 1 is 1.44 bits per heavy atom. The quantitative estimate of drug-likeness (QED) is 0.770. The molecule has 0 saturated heterocycles. The van der Waals surface area contributed by atoms with Gasteiger partial charge >= 0.3 is 0 Å². The van der Waals surface area contributed by atoms with E-state index >= 15 is 0 Å². The molecule has 0 radical (unpaired) electrons. The lowest BCUT2D eigenvalue weighted by atomic mass is 10.0. The summed E-state index contributed by atoms with van der Waals surface area (Å²) in [4.78, 5) is 0. The molecule has 1 N–H and O–H groups in total. The van der Waals surface area contributed by atoms with Crippen molar-refractivity contribution in [3.8, 4) is 0 Å². The summed E-state index contributed by atoms with van der Waals surface area (Å²) < 4.78 is 6.19. The Morgan fingerprint density at radius 3 is 2.50 bits per heavy atom.